The Morgan fingerprint density at radius 1 is 1.43 bits per heavy atom. The van der Waals surface area contributed by atoms with Crippen LogP contribution in [0.3, 0.4) is 0 Å². The van der Waals surface area contributed by atoms with Crippen molar-refractivity contribution in [3.63, 3.8) is 0 Å². The number of imide groups is 1. The number of nitrogens with two attached hydrogens (primary N) is 1. The van der Waals surface area contributed by atoms with Crippen molar-refractivity contribution in [1.29, 1.82) is 0 Å². The van der Waals surface area contributed by atoms with Gasteiger partial charge in [-0.15, -0.1) is 10.2 Å². The van der Waals surface area contributed by atoms with Crippen molar-refractivity contribution in [3.05, 3.63) is 24.4 Å². The molecule has 1 aliphatic heterocycles. The summed E-state index contributed by atoms with van der Waals surface area (Å²) < 4.78 is 1.29. The first kappa shape index (κ1) is 15.3. The molecule has 0 bridgehead atoms. The average Bonchev–Trinajstić information content (AvgIpc) is 3.14. The van der Waals surface area contributed by atoms with Crippen LogP contribution in [-0.2, 0) is 4.79 Å². The van der Waals surface area contributed by atoms with E-state index in [0.29, 0.717) is 29.8 Å². The first-order chi connectivity index (χ1) is 11.1. The van der Waals surface area contributed by atoms with E-state index in [1.807, 2.05) is 6.07 Å². The van der Waals surface area contributed by atoms with Crippen molar-refractivity contribution in [3.8, 4) is 11.5 Å². The molecule has 1 atom stereocenters. The second kappa shape index (κ2) is 6.24. The van der Waals surface area contributed by atoms with Gasteiger partial charge in [-0.05, 0) is 19.1 Å². The highest BCUT2D eigenvalue weighted by Gasteiger charge is 2.31. The zero-order valence-corrected chi connectivity index (χ0v) is 13.2. The molecule has 9 nitrogen and oxygen atoms in total. The zero-order valence-electron chi connectivity index (χ0n) is 12.3. The Labute approximate surface area is 136 Å². The van der Waals surface area contributed by atoms with E-state index >= 15 is 0 Å². The molecule has 1 fully saturated rings. The van der Waals surface area contributed by atoms with Crippen LogP contribution in [0.15, 0.2) is 29.6 Å². The highest BCUT2D eigenvalue weighted by molar-refractivity contribution is 8.00. The summed E-state index contributed by atoms with van der Waals surface area (Å²) in [5.41, 5.74) is 0.590. The van der Waals surface area contributed by atoms with E-state index in [-0.39, 0.29) is 11.9 Å². The maximum Gasteiger partial charge on any atom is 0.324 e. The fourth-order valence-electron chi connectivity index (χ4n) is 2.14. The van der Waals surface area contributed by atoms with Gasteiger partial charge in [0.2, 0.25) is 16.9 Å². The molecule has 2 aromatic rings. The molecule has 23 heavy (non-hydrogen) atoms. The minimum atomic E-state index is -0.512. The number of amides is 3. The number of nitrogens with one attached hydrogen (secondary N) is 1. The number of carbonyl (C=O) groups is 2. The third kappa shape index (κ3) is 2.97. The number of pyridine rings is 1. The summed E-state index contributed by atoms with van der Waals surface area (Å²) in [6.45, 7) is 2.55. The van der Waals surface area contributed by atoms with Crippen molar-refractivity contribution < 1.29 is 9.59 Å². The standard InChI is InChI=1S/C13H15N7O2S/c1-8(11(21)19-7-6-16-12(19)22)23-13-18-17-10(20(13)14)9-4-2-3-5-15-9/h2-5,8H,6-7,14H2,1H3,(H,16,22)/t8-/m0/s1. The molecule has 0 aromatic carbocycles. The van der Waals surface area contributed by atoms with Crippen molar-refractivity contribution in [2.24, 2.45) is 0 Å². The van der Waals surface area contributed by atoms with Gasteiger partial charge in [0, 0.05) is 19.3 Å². The maximum absolute atomic E-state index is 12.3. The number of nitrogens with zero attached hydrogens (tertiary/aromatic N) is 5. The molecule has 3 heterocycles. The van der Waals surface area contributed by atoms with Gasteiger partial charge in [-0.3, -0.25) is 14.7 Å². The highest BCUT2D eigenvalue weighted by atomic mass is 32.2. The lowest BCUT2D eigenvalue weighted by atomic mass is 10.3. The lowest BCUT2D eigenvalue weighted by molar-refractivity contribution is -0.126. The molecule has 3 N–H and O–H groups in total. The molecule has 0 saturated carbocycles. The molecule has 1 saturated heterocycles. The van der Waals surface area contributed by atoms with Gasteiger partial charge in [-0.2, -0.15) is 0 Å². The molecular formula is C13H15N7O2S. The van der Waals surface area contributed by atoms with Crippen LogP contribution < -0.4 is 11.2 Å². The van der Waals surface area contributed by atoms with Crippen LogP contribution >= 0.6 is 11.8 Å². The SMILES string of the molecule is C[C@H](Sc1nnc(-c2ccccn2)n1N)C(=O)N1CCNC1=O. The Kier molecular flexibility index (Phi) is 4.15. The van der Waals surface area contributed by atoms with Gasteiger partial charge in [0.25, 0.3) is 0 Å². The molecule has 2 aromatic heterocycles. The Morgan fingerprint density at radius 3 is 2.91 bits per heavy atom. The summed E-state index contributed by atoms with van der Waals surface area (Å²) in [6, 6.07) is 5.01. The molecule has 0 unspecified atom stereocenters. The number of hydrogen-bond acceptors (Lipinski definition) is 7. The molecule has 0 radical (unpaired) electrons. The van der Waals surface area contributed by atoms with Gasteiger partial charge >= 0.3 is 6.03 Å². The molecule has 0 aliphatic carbocycles. The number of hydrogen-bond donors (Lipinski definition) is 2. The van der Waals surface area contributed by atoms with Gasteiger partial charge in [0.05, 0.1) is 5.25 Å². The third-order valence-electron chi connectivity index (χ3n) is 3.31. The Bertz CT molecular complexity index is 733. The molecular weight excluding hydrogens is 318 g/mol. The Morgan fingerprint density at radius 2 is 2.26 bits per heavy atom. The van der Waals surface area contributed by atoms with Crippen molar-refractivity contribution >= 4 is 23.7 Å². The van der Waals surface area contributed by atoms with E-state index in [4.69, 9.17) is 5.84 Å². The van der Waals surface area contributed by atoms with Gasteiger partial charge in [-0.1, -0.05) is 17.8 Å². The maximum atomic E-state index is 12.3. The number of carbonyl (C=O) groups excluding carboxylic acids is 2. The van der Waals surface area contributed by atoms with E-state index < -0.39 is 5.25 Å². The molecule has 10 heteroatoms. The number of thioether (sulfide) groups is 1. The number of urea groups is 1. The van der Waals surface area contributed by atoms with Crippen LogP contribution in [0.5, 0.6) is 0 Å². The smallest absolute Gasteiger partial charge is 0.324 e. The fraction of sp³-hybridized carbons (Fsp3) is 0.308. The van der Waals surface area contributed by atoms with Crippen molar-refractivity contribution in [2.45, 2.75) is 17.3 Å². The summed E-state index contributed by atoms with van der Waals surface area (Å²) in [5.74, 6) is 6.12. The highest BCUT2D eigenvalue weighted by Crippen LogP contribution is 2.25. The second-order valence-electron chi connectivity index (χ2n) is 4.87. The Balaban J connectivity index is 1.75. The lowest BCUT2D eigenvalue weighted by Gasteiger charge is -2.16. The zero-order chi connectivity index (χ0) is 16.4. The molecule has 3 amide bonds. The molecule has 120 valence electrons. The van der Waals surface area contributed by atoms with Crippen LogP contribution in [0.25, 0.3) is 11.5 Å². The third-order valence-corrected chi connectivity index (χ3v) is 4.36. The van der Waals surface area contributed by atoms with Crippen LogP contribution in [-0.4, -0.2) is 55.0 Å². The summed E-state index contributed by atoms with van der Waals surface area (Å²) in [5, 5.41) is 10.5. The van der Waals surface area contributed by atoms with E-state index in [2.05, 4.69) is 20.5 Å². The first-order valence-corrected chi connectivity index (χ1v) is 7.83. The van der Waals surface area contributed by atoms with Crippen LogP contribution in [0.2, 0.25) is 0 Å². The van der Waals surface area contributed by atoms with Crippen LogP contribution in [0, 0.1) is 0 Å². The van der Waals surface area contributed by atoms with Gasteiger partial charge in [0.1, 0.15) is 5.69 Å². The lowest BCUT2D eigenvalue weighted by Crippen LogP contribution is -2.39. The van der Waals surface area contributed by atoms with E-state index in [1.54, 1.807) is 25.3 Å². The number of aromatic nitrogens is 4. The first-order valence-electron chi connectivity index (χ1n) is 6.95. The van der Waals surface area contributed by atoms with E-state index in [1.165, 1.54) is 9.58 Å². The van der Waals surface area contributed by atoms with E-state index in [0.717, 1.165) is 11.8 Å². The fourth-order valence-corrected chi connectivity index (χ4v) is 2.97. The normalized spacial score (nSPS) is 15.5. The largest absolute Gasteiger partial charge is 0.336 e. The summed E-state index contributed by atoms with van der Waals surface area (Å²) >= 11 is 1.15. The molecule has 3 rings (SSSR count). The van der Waals surface area contributed by atoms with Crippen LogP contribution in [0.4, 0.5) is 4.79 Å². The quantitative estimate of drug-likeness (QED) is 0.601. The van der Waals surface area contributed by atoms with E-state index in [9.17, 15) is 9.59 Å². The Hall–Kier alpha value is -2.62. The van der Waals surface area contributed by atoms with Crippen LogP contribution in [0.1, 0.15) is 6.92 Å². The molecule has 1 aliphatic rings. The molecule has 0 spiro atoms. The van der Waals surface area contributed by atoms with Gasteiger partial charge in [0.15, 0.2) is 0 Å². The number of rotatable bonds is 4. The van der Waals surface area contributed by atoms with Crippen molar-refractivity contribution in [2.75, 3.05) is 18.9 Å². The predicted octanol–water partition coefficient (Wildman–Crippen LogP) is 0.0863. The van der Waals surface area contributed by atoms with Gasteiger partial charge in [-0.25, -0.2) is 9.47 Å². The topological polar surface area (TPSA) is 119 Å². The van der Waals surface area contributed by atoms with Gasteiger partial charge < -0.3 is 11.2 Å². The minimum absolute atomic E-state index is 0.285. The summed E-state index contributed by atoms with van der Waals surface area (Å²) in [4.78, 5) is 29.2. The minimum Gasteiger partial charge on any atom is -0.336 e. The average molecular weight is 333 g/mol. The number of nitrogen functional groups attached to an aromatic ring is 1. The summed E-state index contributed by atoms with van der Waals surface area (Å²) in [7, 11) is 0. The second-order valence-corrected chi connectivity index (χ2v) is 6.18. The monoisotopic (exact) mass is 333 g/mol. The van der Waals surface area contributed by atoms with Crippen molar-refractivity contribution in [1.82, 2.24) is 30.1 Å². The summed E-state index contributed by atoms with van der Waals surface area (Å²) in [6.07, 6.45) is 1.63. The predicted molar refractivity (Wildman–Crippen MR) is 83.8 cm³/mol.